The summed E-state index contributed by atoms with van der Waals surface area (Å²) in [6.45, 7) is 7.17. The third kappa shape index (κ3) is 16.1. The molecule has 5 heteroatoms. The molecule has 0 aromatic heterocycles. The first-order valence-corrected chi connectivity index (χ1v) is 5.06. The van der Waals surface area contributed by atoms with Gasteiger partial charge < -0.3 is 19.7 Å². The second-order valence-corrected chi connectivity index (χ2v) is 2.92. The highest BCUT2D eigenvalue weighted by atomic mass is 16.6. The van der Waals surface area contributed by atoms with Crippen molar-refractivity contribution in [3.8, 4) is 0 Å². The molecule has 0 saturated carbocycles. The van der Waals surface area contributed by atoms with Crippen LogP contribution in [0.1, 0.15) is 26.7 Å². The molecule has 0 aliphatic carbocycles. The molecule has 1 heterocycles. The van der Waals surface area contributed by atoms with Gasteiger partial charge in [0.05, 0.1) is 33.0 Å². The molecule has 0 radical (unpaired) electrons. The average Bonchev–Trinajstić information content (AvgIpc) is 2.21. The second-order valence-electron chi connectivity index (χ2n) is 2.92. The van der Waals surface area contributed by atoms with Gasteiger partial charge in [0.15, 0.2) is 0 Å². The van der Waals surface area contributed by atoms with Crippen molar-refractivity contribution in [1.82, 2.24) is 0 Å². The SMILES string of the molecule is C1COCCO1.CCCCOC(C)=O.O. The Morgan fingerprint density at radius 2 is 1.67 bits per heavy atom. The van der Waals surface area contributed by atoms with Crippen molar-refractivity contribution in [2.45, 2.75) is 26.7 Å². The van der Waals surface area contributed by atoms with E-state index in [1.165, 1.54) is 6.92 Å². The van der Waals surface area contributed by atoms with Crippen LogP contribution in [-0.4, -0.2) is 44.5 Å². The summed E-state index contributed by atoms with van der Waals surface area (Å²) in [7, 11) is 0. The van der Waals surface area contributed by atoms with E-state index in [1.54, 1.807) is 0 Å². The van der Waals surface area contributed by atoms with Crippen LogP contribution in [0.4, 0.5) is 0 Å². The molecule has 0 aromatic carbocycles. The average molecular weight is 222 g/mol. The van der Waals surface area contributed by atoms with E-state index in [9.17, 15) is 4.79 Å². The molecule has 15 heavy (non-hydrogen) atoms. The van der Waals surface area contributed by atoms with Gasteiger partial charge in [-0.25, -0.2) is 0 Å². The minimum absolute atomic E-state index is 0. The number of carbonyl (C=O) groups excluding carboxylic acids is 1. The van der Waals surface area contributed by atoms with Crippen LogP contribution in [0.3, 0.4) is 0 Å². The minimum atomic E-state index is -0.182. The molecular weight excluding hydrogens is 200 g/mol. The Kier molecular flexibility index (Phi) is 14.9. The van der Waals surface area contributed by atoms with E-state index in [0.717, 1.165) is 39.3 Å². The van der Waals surface area contributed by atoms with Gasteiger partial charge in [-0.3, -0.25) is 4.79 Å². The van der Waals surface area contributed by atoms with Gasteiger partial charge in [0.25, 0.3) is 0 Å². The normalized spacial score (nSPS) is 14.3. The Bertz CT molecular complexity index is 122. The van der Waals surface area contributed by atoms with Crippen LogP contribution in [0.5, 0.6) is 0 Å². The second kappa shape index (κ2) is 13.4. The lowest BCUT2D eigenvalue weighted by Gasteiger charge is -2.09. The van der Waals surface area contributed by atoms with Crippen LogP contribution >= 0.6 is 0 Å². The van der Waals surface area contributed by atoms with Crippen LogP contribution in [0.15, 0.2) is 0 Å². The maximum atomic E-state index is 10.1. The van der Waals surface area contributed by atoms with E-state index >= 15 is 0 Å². The lowest BCUT2D eigenvalue weighted by Crippen LogP contribution is -2.16. The number of unbranched alkanes of at least 4 members (excludes halogenated alkanes) is 1. The fraction of sp³-hybridized carbons (Fsp3) is 0.900. The monoisotopic (exact) mass is 222 g/mol. The molecule has 5 nitrogen and oxygen atoms in total. The highest BCUT2D eigenvalue weighted by Crippen LogP contribution is 1.87. The maximum absolute atomic E-state index is 10.1. The lowest BCUT2D eigenvalue weighted by molar-refractivity contribution is -0.141. The zero-order chi connectivity index (χ0) is 10.6. The smallest absolute Gasteiger partial charge is 0.302 e. The molecule has 0 spiro atoms. The third-order valence-corrected chi connectivity index (χ3v) is 1.55. The van der Waals surface area contributed by atoms with Gasteiger partial charge in [-0.1, -0.05) is 13.3 Å². The summed E-state index contributed by atoms with van der Waals surface area (Å²) >= 11 is 0. The number of carbonyl (C=O) groups is 1. The summed E-state index contributed by atoms with van der Waals surface area (Å²) in [5.74, 6) is -0.182. The first-order chi connectivity index (χ1) is 6.77. The van der Waals surface area contributed by atoms with Gasteiger partial charge in [0.1, 0.15) is 0 Å². The molecule has 1 fully saturated rings. The predicted octanol–water partition coefficient (Wildman–Crippen LogP) is 0.558. The highest BCUT2D eigenvalue weighted by molar-refractivity contribution is 5.65. The van der Waals surface area contributed by atoms with Crippen LogP contribution in [0.25, 0.3) is 0 Å². The molecule has 0 amide bonds. The Balaban J connectivity index is 0. The molecule has 1 rings (SSSR count). The topological polar surface area (TPSA) is 76.3 Å². The van der Waals surface area contributed by atoms with Gasteiger partial charge in [-0.2, -0.15) is 0 Å². The largest absolute Gasteiger partial charge is 0.466 e. The fourth-order valence-corrected chi connectivity index (χ4v) is 0.800. The number of rotatable bonds is 3. The van der Waals surface area contributed by atoms with E-state index in [-0.39, 0.29) is 11.4 Å². The zero-order valence-corrected chi connectivity index (χ0v) is 9.58. The van der Waals surface area contributed by atoms with Crippen molar-refractivity contribution in [2.75, 3.05) is 33.0 Å². The van der Waals surface area contributed by atoms with Crippen LogP contribution in [0.2, 0.25) is 0 Å². The molecule has 0 unspecified atom stereocenters. The van der Waals surface area contributed by atoms with Crippen molar-refractivity contribution < 1.29 is 24.5 Å². The zero-order valence-electron chi connectivity index (χ0n) is 9.58. The van der Waals surface area contributed by atoms with Gasteiger partial charge >= 0.3 is 5.97 Å². The van der Waals surface area contributed by atoms with Crippen molar-refractivity contribution in [3.63, 3.8) is 0 Å². The highest BCUT2D eigenvalue weighted by Gasteiger charge is 1.94. The predicted molar refractivity (Wildman–Crippen MR) is 56.8 cm³/mol. The molecule has 2 N–H and O–H groups in total. The Labute approximate surface area is 91.0 Å². The number of ether oxygens (including phenoxy) is 3. The summed E-state index contributed by atoms with van der Waals surface area (Å²) in [5, 5.41) is 0. The van der Waals surface area contributed by atoms with Crippen LogP contribution < -0.4 is 0 Å². The fourth-order valence-electron chi connectivity index (χ4n) is 0.800. The first-order valence-electron chi connectivity index (χ1n) is 5.06. The summed E-state index contributed by atoms with van der Waals surface area (Å²) in [4.78, 5) is 10.1. The molecule has 1 aliphatic rings. The molecule has 1 saturated heterocycles. The molecule has 0 aromatic rings. The van der Waals surface area contributed by atoms with Gasteiger partial charge in [0, 0.05) is 6.92 Å². The van der Waals surface area contributed by atoms with Gasteiger partial charge in [0.2, 0.25) is 0 Å². The standard InChI is InChI=1S/C6H12O2.C4H8O2.H2O/c1-3-4-5-8-6(2)7;1-2-6-4-3-5-1;/h3-5H2,1-2H3;1-4H2;1H2. The molecule has 1 aliphatic heterocycles. The molecule has 0 bridgehead atoms. The Morgan fingerprint density at radius 3 is 1.93 bits per heavy atom. The number of hydrogen-bond donors (Lipinski definition) is 0. The van der Waals surface area contributed by atoms with Gasteiger partial charge in [-0.05, 0) is 6.42 Å². The quantitative estimate of drug-likeness (QED) is 0.516. The molecule has 92 valence electrons. The number of esters is 1. The third-order valence-electron chi connectivity index (χ3n) is 1.55. The van der Waals surface area contributed by atoms with Crippen molar-refractivity contribution >= 4 is 5.97 Å². The van der Waals surface area contributed by atoms with Crippen molar-refractivity contribution in [2.24, 2.45) is 0 Å². The van der Waals surface area contributed by atoms with E-state index < -0.39 is 0 Å². The maximum Gasteiger partial charge on any atom is 0.302 e. The summed E-state index contributed by atoms with van der Waals surface area (Å²) in [6.07, 6.45) is 2.05. The summed E-state index contributed by atoms with van der Waals surface area (Å²) in [6, 6.07) is 0. The summed E-state index contributed by atoms with van der Waals surface area (Å²) in [5.41, 5.74) is 0. The van der Waals surface area contributed by atoms with Crippen LogP contribution in [-0.2, 0) is 19.0 Å². The van der Waals surface area contributed by atoms with E-state index in [2.05, 4.69) is 11.7 Å². The number of hydrogen-bond acceptors (Lipinski definition) is 4. The van der Waals surface area contributed by atoms with E-state index in [4.69, 9.17) is 9.47 Å². The first kappa shape index (κ1) is 16.8. The van der Waals surface area contributed by atoms with E-state index in [0.29, 0.717) is 6.61 Å². The van der Waals surface area contributed by atoms with Crippen molar-refractivity contribution in [3.05, 3.63) is 0 Å². The van der Waals surface area contributed by atoms with Crippen LogP contribution in [0, 0.1) is 0 Å². The minimum Gasteiger partial charge on any atom is -0.466 e. The summed E-state index contributed by atoms with van der Waals surface area (Å²) < 4.78 is 14.5. The molecular formula is C10H22O5. The molecule has 0 atom stereocenters. The van der Waals surface area contributed by atoms with Crippen molar-refractivity contribution in [1.29, 1.82) is 0 Å². The lowest BCUT2D eigenvalue weighted by atomic mass is 10.4. The van der Waals surface area contributed by atoms with Gasteiger partial charge in [-0.15, -0.1) is 0 Å². The van der Waals surface area contributed by atoms with E-state index in [1.807, 2.05) is 0 Å². The Hall–Kier alpha value is -0.650. The Morgan fingerprint density at radius 1 is 1.20 bits per heavy atom.